The largest absolute Gasteiger partial charge is 0.472 e. The minimum atomic E-state index is -4.95. The van der Waals surface area contributed by atoms with E-state index in [1.807, 2.05) is 0 Å². The maximum absolute atomic E-state index is 13.0. The lowest BCUT2D eigenvalue weighted by molar-refractivity contribution is -0.161. The van der Waals surface area contributed by atoms with E-state index < -0.39 is 97.5 Å². The first-order valence-corrected chi connectivity index (χ1v) is 36.8. The molecule has 0 bridgehead atoms. The summed E-state index contributed by atoms with van der Waals surface area (Å²) in [6.45, 7) is 14.0. The lowest BCUT2D eigenvalue weighted by Crippen LogP contribution is -2.30. The summed E-state index contributed by atoms with van der Waals surface area (Å²) in [6.07, 6.45) is 34.9. The van der Waals surface area contributed by atoms with Crippen LogP contribution >= 0.6 is 15.6 Å². The second-order valence-electron chi connectivity index (χ2n) is 24.9. The van der Waals surface area contributed by atoms with Crippen molar-refractivity contribution in [2.45, 2.75) is 331 Å². The van der Waals surface area contributed by atoms with Crippen LogP contribution in [-0.4, -0.2) is 96.7 Å². The fraction of sp³-hybridized carbons (Fsp3) is 0.938. The molecule has 19 heteroatoms. The van der Waals surface area contributed by atoms with Gasteiger partial charge in [-0.05, 0) is 49.4 Å². The van der Waals surface area contributed by atoms with Gasteiger partial charge in [0.25, 0.3) is 0 Å². The van der Waals surface area contributed by atoms with Gasteiger partial charge < -0.3 is 33.8 Å². The van der Waals surface area contributed by atoms with Crippen molar-refractivity contribution >= 4 is 39.5 Å². The van der Waals surface area contributed by atoms with Crippen LogP contribution in [0.1, 0.15) is 312 Å². The number of hydrogen-bond acceptors (Lipinski definition) is 15. The van der Waals surface area contributed by atoms with Crippen LogP contribution in [-0.2, 0) is 65.4 Å². The van der Waals surface area contributed by atoms with Gasteiger partial charge in [-0.3, -0.25) is 37.3 Å². The number of carbonyl (C=O) groups excluding carboxylic acids is 4. The van der Waals surface area contributed by atoms with E-state index in [9.17, 15) is 43.2 Å². The highest BCUT2D eigenvalue weighted by molar-refractivity contribution is 7.47. The number of rotatable bonds is 62. The van der Waals surface area contributed by atoms with Crippen molar-refractivity contribution in [3.63, 3.8) is 0 Å². The predicted molar refractivity (Wildman–Crippen MR) is 335 cm³/mol. The summed E-state index contributed by atoms with van der Waals surface area (Å²) in [5, 5.41) is 10.5. The number of aliphatic hydroxyl groups excluding tert-OH is 1. The lowest BCUT2D eigenvalue weighted by atomic mass is 10.00. The molecular weight excluding hydrogens is 1110 g/mol. The van der Waals surface area contributed by atoms with Gasteiger partial charge >= 0.3 is 39.5 Å². The van der Waals surface area contributed by atoms with Crippen LogP contribution in [0.3, 0.4) is 0 Å². The molecule has 0 aliphatic rings. The van der Waals surface area contributed by atoms with Gasteiger partial charge in [-0.15, -0.1) is 0 Å². The third-order valence-corrected chi connectivity index (χ3v) is 17.4. The van der Waals surface area contributed by atoms with E-state index in [0.717, 1.165) is 120 Å². The van der Waals surface area contributed by atoms with E-state index in [0.29, 0.717) is 25.7 Å². The normalized spacial score (nSPS) is 15.1. The number of aliphatic hydroxyl groups is 1. The van der Waals surface area contributed by atoms with Crippen LogP contribution in [0.25, 0.3) is 0 Å². The van der Waals surface area contributed by atoms with E-state index in [2.05, 4.69) is 55.4 Å². The first kappa shape index (κ1) is 82.1. The average molecular weight is 1240 g/mol. The number of ether oxygens (including phenoxy) is 4. The Bertz CT molecular complexity index is 1680. The zero-order valence-electron chi connectivity index (χ0n) is 54.5. The first-order chi connectivity index (χ1) is 40.2. The number of carbonyl (C=O) groups is 4. The Morgan fingerprint density at radius 3 is 0.845 bits per heavy atom. The van der Waals surface area contributed by atoms with Crippen molar-refractivity contribution in [3.05, 3.63) is 0 Å². The van der Waals surface area contributed by atoms with Gasteiger partial charge in [0.2, 0.25) is 0 Å². The SMILES string of the molecule is CCC(C)CCCCCCCCC(=O)OC[C@H](COP(=O)(O)OC[C@H](O)COP(=O)(O)OC[C@@H](COC(=O)CCCCCCCCCCCC(C)C)OC(=O)CCCCCCCCCCCC(C)C)OC(=O)CCCCCCCCC(C)CC. The molecule has 17 nitrogen and oxygen atoms in total. The van der Waals surface area contributed by atoms with E-state index in [1.165, 1.54) is 109 Å². The number of esters is 4. The summed E-state index contributed by atoms with van der Waals surface area (Å²) in [6, 6.07) is 0. The van der Waals surface area contributed by atoms with Gasteiger partial charge in [0, 0.05) is 25.7 Å². The number of phosphoric acid groups is 2. The van der Waals surface area contributed by atoms with Gasteiger partial charge in [0.05, 0.1) is 26.4 Å². The molecule has 3 N–H and O–H groups in total. The molecule has 0 aromatic heterocycles. The Balaban J connectivity index is 5.27. The Hall–Kier alpha value is -1.94. The summed E-state index contributed by atoms with van der Waals surface area (Å²) in [5.41, 5.74) is 0. The third-order valence-electron chi connectivity index (χ3n) is 15.5. The molecule has 0 radical (unpaired) electrons. The van der Waals surface area contributed by atoms with Crippen LogP contribution < -0.4 is 0 Å². The molecule has 0 spiro atoms. The lowest BCUT2D eigenvalue weighted by Gasteiger charge is -2.21. The Kier molecular flexibility index (Phi) is 53.9. The van der Waals surface area contributed by atoms with Crippen molar-refractivity contribution in [1.82, 2.24) is 0 Å². The average Bonchev–Trinajstić information content (AvgIpc) is 3.45. The summed E-state index contributed by atoms with van der Waals surface area (Å²) in [4.78, 5) is 72.3. The van der Waals surface area contributed by atoms with Gasteiger partial charge in [-0.2, -0.15) is 0 Å². The molecule has 0 aliphatic carbocycles. The fourth-order valence-electron chi connectivity index (χ4n) is 9.54. The zero-order chi connectivity index (χ0) is 62.5. The van der Waals surface area contributed by atoms with Crippen LogP contribution in [0.15, 0.2) is 0 Å². The summed E-state index contributed by atoms with van der Waals surface area (Å²) in [5.74, 6) is 0.791. The smallest absolute Gasteiger partial charge is 0.462 e. The van der Waals surface area contributed by atoms with Crippen molar-refractivity contribution in [2.75, 3.05) is 39.6 Å². The molecule has 0 amide bonds. The van der Waals surface area contributed by atoms with Crippen molar-refractivity contribution in [2.24, 2.45) is 23.7 Å². The third kappa shape index (κ3) is 56.6. The predicted octanol–water partition coefficient (Wildman–Crippen LogP) is 17.8. The molecule has 0 saturated carbocycles. The summed E-state index contributed by atoms with van der Waals surface area (Å²) < 4.78 is 68.0. The Morgan fingerprint density at radius 2 is 0.571 bits per heavy atom. The van der Waals surface area contributed by atoms with Crippen molar-refractivity contribution in [3.8, 4) is 0 Å². The minimum Gasteiger partial charge on any atom is -0.462 e. The van der Waals surface area contributed by atoms with Crippen molar-refractivity contribution < 1.29 is 80.2 Å². The van der Waals surface area contributed by atoms with Crippen LogP contribution in [0.4, 0.5) is 0 Å². The molecule has 0 fully saturated rings. The van der Waals surface area contributed by atoms with Gasteiger partial charge in [0.15, 0.2) is 12.2 Å². The molecule has 0 heterocycles. The standard InChI is InChI=1S/C65H126O17P2/c1-9-57(7)43-35-27-21-23-30-38-46-63(68)76-52-61(82-65(70)48-40-32-24-22-28-36-44-58(8)10-2)54-80-84(73,74)78-50-59(66)49-77-83(71,72)79-53-60(81-64(69)47-39-31-20-16-12-14-18-26-34-42-56(5)6)51-75-62(67)45-37-29-19-15-11-13-17-25-33-41-55(3)4/h55-61,66H,9-54H2,1-8H3,(H,71,72)(H,73,74)/t57?,58?,59-,60-,61-/m1/s1. The molecule has 7 atom stereocenters. The second-order valence-corrected chi connectivity index (χ2v) is 27.8. The van der Waals surface area contributed by atoms with E-state index in [1.54, 1.807) is 0 Å². The quantitative estimate of drug-likeness (QED) is 0.0222. The molecule has 0 saturated heterocycles. The number of unbranched alkanes of at least 4 members (excludes halogenated alkanes) is 26. The summed E-state index contributed by atoms with van der Waals surface area (Å²) in [7, 11) is -9.89. The van der Waals surface area contributed by atoms with Gasteiger partial charge in [-0.1, -0.05) is 261 Å². The molecular formula is C65H126O17P2. The zero-order valence-corrected chi connectivity index (χ0v) is 56.3. The summed E-state index contributed by atoms with van der Waals surface area (Å²) >= 11 is 0. The highest BCUT2D eigenvalue weighted by Gasteiger charge is 2.30. The maximum Gasteiger partial charge on any atom is 0.472 e. The first-order valence-electron chi connectivity index (χ1n) is 33.8. The minimum absolute atomic E-state index is 0.101. The Labute approximate surface area is 511 Å². The Morgan fingerprint density at radius 1 is 0.333 bits per heavy atom. The topological polar surface area (TPSA) is 237 Å². The van der Waals surface area contributed by atoms with E-state index in [4.69, 9.17) is 37.0 Å². The van der Waals surface area contributed by atoms with Gasteiger partial charge in [0.1, 0.15) is 19.3 Å². The van der Waals surface area contributed by atoms with Crippen LogP contribution in [0, 0.1) is 23.7 Å². The number of phosphoric ester groups is 2. The second kappa shape index (κ2) is 55.2. The van der Waals surface area contributed by atoms with Crippen LogP contribution in [0.5, 0.6) is 0 Å². The van der Waals surface area contributed by atoms with Crippen LogP contribution in [0.2, 0.25) is 0 Å². The maximum atomic E-state index is 13.0. The highest BCUT2D eigenvalue weighted by atomic mass is 31.2. The van der Waals surface area contributed by atoms with Crippen molar-refractivity contribution in [1.29, 1.82) is 0 Å². The highest BCUT2D eigenvalue weighted by Crippen LogP contribution is 2.45. The van der Waals surface area contributed by atoms with E-state index in [-0.39, 0.29) is 25.7 Å². The number of hydrogen-bond donors (Lipinski definition) is 3. The molecule has 498 valence electrons. The van der Waals surface area contributed by atoms with E-state index >= 15 is 0 Å². The molecule has 0 aromatic rings. The fourth-order valence-corrected chi connectivity index (χ4v) is 11.1. The molecule has 84 heavy (non-hydrogen) atoms. The molecule has 0 rings (SSSR count). The monoisotopic (exact) mass is 1240 g/mol. The molecule has 0 aromatic carbocycles. The molecule has 0 aliphatic heterocycles. The van der Waals surface area contributed by atoms with Gasteiger partial charge in [-0.25, -0.2) is 9.13 Å². The molecule has 4 unspecified atom stereocenters.